The van der Waals surface area contributed by atoms with Crippen LogP contribution in [0.4, 0.5) is 4.39 Å². The van der Waals surface area contributed by atoms with Gasteiger partial charge in [0.1, 0.15) is 5.82 Å². The Labute approximate surface area is 119 Å². The molecule has 2 N–H and O–H groups in total. The molecule has 0 bridgehead atoms. The number of benzene rings is 2. The molecule has 0 heterocycles. The standard InChI is InChI=1S/C17H20FNO/c1-12-5-3-6-14(9-12)13(2)19-11-17(20)15-7-4-8-16(18)10-15/h3-10,13,17,19-20H,11H2,1-2H3/t13-,17?/m0/s1. The lowest BCUT2D eigenvalue weighted by Gasteiger charge is -2.18. The third-order valence-electron chi connectivity index (χ3n) is 3.39. The maximum atomic E-state index is 13.1. The zero-order chi connectivity index (χ0) is 14.5. The topological polar surface area (TPSA) is 32.3 Å². The fourth-order valence-electron chi connectivity index (χ4n) is 2.18. The number of aliphatic hydroxyl groups excluding tert-OH is 1. The minimum atomic E-state index is -0.710. The van der Waals surface area contributed by atoms with E-state index in [1.165, 1.54) is 23.3 Å². The van der Waals surface area contributed by atoms with Crippen LogP contribution >= 0.6 is 0 Å². The maximum Gasteiger partial charge on any atom is 0.123 e. The number of rotatable bonds is 5. The highest BCUT2D eigenvalue weighted by molar-refractivity contribution is 5.25. The minimum absolute atomic E-state index is 0.137. The highest BCUT2D eigenvalue weighted by Crippen LogP contribution is 2.17. The number of halogens is 1. The van der Waals surface area contributed by atoms with Crippen LogP contribution in [0.5, 0.6) is 0 Å². The summed E-state index contributed by atoms with van der Waals surface area (Å²) in [5, 5.41) is 13.3. The third-order valence-corrected chi connectivity index (χ3v) is 3.39. The third kappa shape index (κ3) is 3.89. The summed E-state index contributed by atoms with van der Waals surface area (Å²) in [4.78, 5) is 0. The summed E-state index contributed by atoms with van der Waals surface area (Å²) in [7, 11) is 0. The lowest BCUT2D eigenvalue weighted by molar-refractivity contribution is 0.170. The van der Waals surface area contributed by atoms with Gasteiger partial charge in [0, 0.05) is 12.6 Å². The lowest BCUT2D eigenvalue weighted by Crippen LogP contribution is -2.24. The molecule has 0 radical (unpaired) electrons. The van der Waals surface area contributed by atoms with Crippen molar-refractivity contribution < 1.29 is 9.50 Å². The first-order valence-electron chi connectivity index (χ1n) is 6.80. The zero-order valence-corrected chi connectivity index (χ0v) is 11.8. The number of hydrogen-bond acceptors (Lipinski definition) is 2. The normalized spacial score (nSPS) is 14.0. The molecule has 0 fully saturated rings. The van der Waals surface area contributed by atoms with Crippen LogP contribution in [0.25, 0.3) is 0 Å². The molecule has 106 valence electrons. The van der Waals surface area contributed by atoms with Crippen LogP contribution < -0.4 is 5.32 Å². The molecule has 0 aliphatic rings. The molecule has 2 rings (SSSR count). The van der Waals surface area contributed by atoms with Gasteiger partial charge in [-0.25, -0.2) is 4.39 Å². The van der Waals surface area contributed by atoms with Gasteiger partial charge in [-0.05, 0) is 37.1 Å². The molecule has 2 atom stereocenters. The van der Waals surface area contributed by atoms with Crippen LogP contribution in [0.2, 0.25) is 0 Å². The number of aliphatic hydroxyl groups is 1. The molecule has 0 amide bonds. The van der Waals surface area contributed by atoms with Crippen LogP contribution in [0.1, 0.15) is 35.8 Å². The van der Waals surface area contributed by atoms with E-state index in [-0.39, 0.29) is 11.9 Å². The molecule has 0 saturated heterocycles. The van der Waals surface area contributed by atoms with Crippen molar-refractivity contribution in [2.75, 3.05) is 6.54 Å². The first-order chi connectivity index (χ1) is 9.56. The Kier molecular flexibility index (Phi) is 4.88. The number of hydrogen-bond donors (Lipinski definition) is 2. The quantitative estimate of drug-likeness (QED) is 0.873. The molecule has 2 aromatic carbocycles. The molecule has 1 unspecified atom stereocenters. The van der Waals surface area contributed by atoms with Crippen molar-refractivity contribution in [2.24, 2.45) is 0 Å². The molecule has 0 aliphatic heterocycles. The van der Waals surface area contributed by atoms with Gasteiger partial charge in [0.25, 0.3) is 0 Å². The Morgan fingerprint density at radius 2 is 1.80 bits per heavy atom. The summed E-state index contributed by atoms with van der Waals surface area (Å²) in [6.07, 6.45) is -0.710. The number of nitrogens with one attached hydrogen (secondary N) is 1. The molecule has 3 heteroatoms. The van der Waals surface area contributed by atoms with Gasteiger partial charge in [-0.1, -0.05) is 42.0 Å². The van der Waals surface area contributed by atoms with Gasteiger partial charge in [-0.15, -0.1) is 0 Å². The Morgan fingerprint density at radius 1 is 1.10 bits per heavy atom. The van der Waals surface area contributed by atoms with Gasteiger partial charge in [0.15, 0.2) is 0 Å². The second-order valence-electron chi connectivity index (χ2n) is 5.11. The van der Waals surface area contributed by atoms with Crippen molar-refractivity contribution in [1.29, 1.82) is 0 Å². The Bertz CT molecular complexity index is 519. The Hall–Kier alpha value is -1.71. The van der Waals surface area contributed by atoms with Gasteiger partial charge in [0.2, 0.25) is 0 Å². The predicted octanol–water partition coefficient (Wildman–Crippen LogP) is 3.52. The van der Waals surface area contributed by atoms with E-state index in [0.29, 0.717) is 12.1 Å². The minimum Gasteiger partial charge on any atom is -0.387 e. The molecule has 0 saturated carbocycles. The predicted molar refractivity (Wildman–Crippen MR) is 79.0 cm³/mol. The molecular weight excluding hydrogens is 253 g/mol. The average molecular weight is 273 g/mol. The summed E-state index contributed by atoms with van der Waals surface area (Å²) in [6.45, 7) is 4.49. The van der Waals surface area contributed by atoms with Crippen LogP contribution in [0.15, 0.2) is 48.5 Å². The number of aryl methyl sites for hydroxylation is 1. The monoisotopic (exact) mass is 273 g/mol. The van der Waals surface area contributed by atoms with Crippen molar-refractivity contribution >= 4 is 0 Å². The molecule has 20 heavy (non-hydrogen) atoms. The smallest absolute Gasteiger partial charge is 0.123 e. The van der Waals surface area contributed by atoms with E-state index in [1.54, 1.807) is 12.1 Å². The SMILES string of the molecule is Cc1cccc([C@H](C)NCC(O)c2cccc(F)c2)c1. The summed E-state index contributed by atoms with van der Waals surface area (Å²) in [6, 6.07) is 14.5. The highest BCUT2D eigenvalue weighted by Gasteiger charge is 2.11. The van der Waals surface area contributed by atoms with Gasteiger partial charge in [0.05, 0.1) is 6.10 Å². The van der Waals surface area contributed by atoms with Gasteiger partial charge in [-0.2, -0.15) is 0 Å². The summed E-state index contributed by atoms with van der Waals surface area (Å²) < 4.78 is 13.1. The van der Waals surface area contributed by atoms with E-state index < -0.39 is 6.10 Å². The Balaban J connectivity index is 1.94. The largest absolute Gasteiger partial charge is 0.387 e. The van der Waals surface area contributed by atoms with Crippen LogP contribution in [0.3, 0.4) is 0 Å². The molecule has 0 aliphatic carbocycles. The molecule has 0 aromatic heterocycles. The van der Waals surface area contributed by atoms with Crippen LogP contribution in [-0.4, -0.2) is 11.7 Å². The van der Waals surface area contributed by atoms with Crippen molar-refractivity contribution in [2.45, 2.75) is 26.0 Å². The van der Waals surface area contributed by atoms with Crippen molar-refractivity contribution in [1.82, 2.24) is 5.32 Å². The summed E-state index contributed by atoms with van der Waals surface area (Å²) >= 11 is 0. The van der Waals surface area contributed by atoms with E-state index in [1.807, 2.05) is 13.0 Å². The first kappa shape index (κ1) is 14.7. The molecule has 0 spiro atoms. The van der Waals surface area contributed by atoms with Gasteiger partial charge >= 0.3 is 0 Å². The molecular formula is C17H20FNO. The van der Waals surface area contributed by atoms with Crippen molar-refractivity contribution in [3.8, 4) is 0 Å². The van der Waals surface area contributed by atoms with E-state index in [2.05, 4.69) is 30.4 Å². The molecule has 2 nitrogen and oxygen atoms in total. The average Bonchev–Trinajstić information content (AvgIpc) is 2.44. The van der Waals surface area contributed by atoms with Crippen molar-refractivity contribution in [3.05, 3.63) is 71.0 Å². The van der Waals surface area contributed by atoms with E-state index in [9.17, 15) is 9.50 Å². The first-order valence-corrected chi connectivity index (χ1v) is 6.80. The maximum absolute atomic E-state index is 13.1. The lowest BCUT2D eigenvalue weighted by atomic mass is 10.0. The van der Waals surface area contributed by atoms with Crippen LogP contribution in [-0.2, 0) is 0 Å². The van der Waals surface area contributed by atoms with Gasteiger partial charge in [-0.3, -0.25) is 0 Å². The molecule has 2 aromatic rings. The van der Waals surface area contributed by atoms with E-state index >= 15 is 0 Å². The van der Waals surface area contributed by atoms with Crippen LogP contribution in [0, 0.1) is 12.7 Å². The zero-order valence-electron chi connectivity index (χ0n) is 11.8. The highest BCUT2D eigenvalue weighted by atomic mass is 19.1. The van der Waals surface area contributed by atoms with Crippen molar-refractivity contribution in [3.63, 3.8) is 0 Å². The summed E-state index contributed by atoms with van der Waals surface area (Å²) in [5.74, 6) is -0.326. The Morgan fingerprint density at radius 3 is 2.50 bits per heavy atom. The second kappa shape index (κ2) is 6.64. The fourth-order valence-corrected chi connectivity index (χ4v) is 2.18. The van der Waals surface area contributed by atoms with E-state index in [4.69, 9.17) is 0 Å². The second-order valence-corrected chi connectivity index (χ2v) is 5.11. The summed E-state index contributed by atoms with van der Waals surface area (Å²) in [5.41, 5.74) is 2.98. The van der Waals surface area contributed by atoms with Gasteiger partial charge < -0.3 is 10.4 Å². The van der Waals surface area contributed by atoms with E-state index in [0.717, 1.165) is 0 Å². The fraction of sp³-hybridized carbons (Fsp3) is 0.294.